The fraction of sp³-hybridized carbons (Fsp3) is 0.391. The molecular formula is C23H27N3O3. The lowest BCUT2D eigenvalue weighted by atomic mass is 9.99. The van der Waals surface area contributed by atoms with Gasteiger partial charge in [0.25, 0.3) is 5.91 Å². The molecule has 1 amide bonds. The number of nitrogens with one attached hydrogen (secondary N) is 1. The molecule has 0 bridgehead atoms. The number of carbonyl (C=O) groups is 1. The highest BCUT2D eigenvalue weighted by Crippen LogP contribution is 2.26. The summed E-state index contributed by atoms with van der Waals surface area (Å²) in [6.45, 7) is 4.17. The van der Waals surface area contributed by atoms with E-state index in [1.807, 2.05) is 6.07 Å². The molecule has 0 unspecified atom stereocenters. The Morgan fingerprint density at radius 2 is 2.14 bits per heavy atom. The molecular weight excluding hydrogens is 366 g/mol. The Labute approximate surface area is 170 Å². The molecule has 1 aliphatic heterocycles. The first-order valence-electron chi connectivity index (χ1n) is 10.2. The molecule has 1 fully saturated rings. The fourth-order valence-corrected chi connectivity index (χ4v) is 3.87. The lowest BCUT2D eigenvalue weighted by Gasteiger charge is -2.16. The van der Waals surface area contributed by atoms with Crippen molar-refractivity contribution in [2.45, 2.75) is 18.8 Å². The van der Waals surface area contributed by atoms with Crippen molar-refractivity contribution in [3.05, 3.63) is 65.5 Å². The Bertz CT molecular complexity index is 954. The summed E-state index contributed by atoms with van der Waals surface area (Å²) in [5.41, 5.74) is 3.39. The minimum absolute atomic E-state index is 0.0828. The summed E-state index contributed by atoms with van der Waals surface area (Å²) in [7, 11) is 1.65. The van der Waals surface area contributed by atoms with E-state index >= 15 is 0 Å². The number of nitrogens with zero attached hydrogens (tertiary/aromatic N) is 2. The number of ether oxygens (including phenoxy) is 1. The number of fused-ring (bicyclic) bond motifs is 1. The van der Waals surface area contributed by atoms with Crippen molar-refractivity contribution in [3.8, 4) is 0 Å². The number of carbonyl (C=O) groups excluding carboxylic acids is 1. The third-order valence-corrected chi connectivity index (χ3v) is 5.47. The van der Waals surface area contributed by atoms with E-state index in [0.717, 1.165) is 25.2 Å². The predicted molar refractivity (Wildman–Crippen MR) is 112 cm³/mol. The van der Waals surface area contributed by atoms with Crippen molar-refractivity contribution in [1.82, 2.24) is 15.2 Å². The maximum absolute atomic E-state index is 12.5. The van der Waals surface area contributed by atoms with Crippen molar-refractivity contribution >= 4 is 17.0 Å². The number of hydrogen-bond donors (Lipinski definition) is 1. The second kappa shape index (κ2) is 9.20. The van der Waals surface area contributed by atoms with Gasteiger partial charge in [-0.3, -0.25) is 4.79 Å². The Morgan fingerprint density at radius 1 is 1.28 bits per heavy atom. The van der Waals surface area contributed by atoms with Gasteiger partial charge in [0, 0.05) is 38.7 Å². The van der Waals surface area contributed by atoms with Crippen molar-refractivity contribution in [3.63, 3.8) is 0 Å². The van der Waals surface area contributed by atoms with E-state index in [-0.39, 0.29) is 5.91 Å². The maximum atomic E-state index is 12.5. The molecule has 1 atom stereocenters. The van der Waals surface area contributed by atoms with Crippen LogP contribution in [0.25, 0.3) is 11.1 Å². The van der Waals surface area contributed by atoms with Gasteiger partial charge < -0.3 is 19.4 Å². The van der Waals surface area contributed by atoms with Crippen LogP contribution in [-0.4, -0.2) is 55.7 Å². The monoisotopic (exact) mass is 393 g/mol. The number of hydrogen-bond acceptors (Lipinski definition) is 5. The van der Waals surface area contributed by atoms with E-state index in [9.17, 15) is 4.79 Å². The normalized spacial score (nSPS) is 17.1. The van der Waals surface area contributed by atoms with Crippen molar-refractivity contribution in [2.24, 2.45) is 0 Å². The summed E-state index contributed by atoms with van der Waals surface area (Å²) in [4.78, 5) is 19.3. The summed E-state index contributed by atoms with van der Waals surface area (Å²) in [6, 6.07) is 16.1. The van der Waals surface area contributed by atoms with E-state index in [0.29, 0.717) is 42.5 Å². The number of rotatable bonds is 8. The van der Waals surface area contributed by atoms with Gasteiger partial charge in [0.2, 0.25) is 0 Å². The third kappa shape index (κ3) is 4.83. The van der Waals surface area contributed by atoms with Crippen LogP contribution in [0.3, 0.4) is 0 Å². The molecule has 2 aromatic carbocycles. The molecule has 2 heterocycles. The lowest BCUT2D eigenvalue weighted by Crippen LogP contribution is -2.33. The standard InChI is InChI=1S/C23H27N3O3/c1-28-14-10-22-25-20-8-7-18(15-21(20)29-22)23(27)24-11-13-26-12-9-19(16-26)17-5-3-2-4-6-17/h2-8,15,19H,9-14,16H2,1H3,(H,24,27)/t19-/m1/s1. The average molecular weight is 393 g/mol. The topological polar surface area (TPSA) is 67.6 Å². The molecule has 6 nitrogen and oxygen atoms in total. The van der Waals surface area contributed by atoms with Gasteiger partial charge in [-0.25, -0.2) is 4.98 Å². The largest absolute Gasteiger partial charge is 0.441 e. The van der Waals surface area contributed by atoms with Gasteiger partial charge in [-0.2, -0.15) is 0 Å². The fourth-order valence-electron chi connectivity index (χ4n) is 3.87. The van der Waals surface area contributed by atoms with Gasteiger partial charge in [-0.15, -0.1) is 0 Å². The van der Waals surface area contributed by atoms with E-state index in [1.165, 1.54) is 12.0 Å². The Kier molecular flexibility index (Phi) is 6.22. The predicted octanol–water partition coefficient (Wildman–Crippen LogP) is 3.24. The third-order valence-electron chi connectivity index (χ3n) is 5.47. The number of methoxy groups -OCH3 is 1. The first kappa shape index (κ1) is 19.6. The van der Waals surface area contributed by atoms with E-state index in [4.69, 9.17) is 9.15 Å². The minimum Gasteiger partial charge on any atom is -0.441 e. The lowest BCUT2D eigenvalue weighted by molar-refractivity contribution is 0.0949. The minimum atomic E-state index is -0.0828. The van der Waals surface area contributed by atoms with E-state index < -0.39 is 0 Å². The number of likely N-dealkylation sites (tertiary alicyclic amines) is 1. The van der Waals surface area contributed by atoms with Crippen LogP contribution in [0, 0.1) is 0 Å². The first-order valence-corrected chi connectivity index (χ1v) is 10.2. The van der Waals surface area contributed by atoms with Crippen molar-refractivity contribution in [1.29, 1.82) is 0 Å². The van der Waals surface area contributed by atoms with Crippen LogP contribution in [0.4, 0.5) is 0 Å². The van der Waals surface area contributed by atoms with E-state index in [2.05, 4.69) is 45.5 Å². The van der Waals surface area contributed by atoms with Gasteiger partial charge >= 0.3 is 0 Å². The SMILES string of the molecule is COCCc1nc2ccc(C(=O)NCCN3CC[C@@H](c4ccccc4)C3)cc2o1. The van der Waals surface area contributed by atoms with Crippen LogP contribution in [-0.2, 0) is 11.2 Å². The maximum Gasteiger partial charge on any atom is 0.251 e. The molecule has 0 aliphatic carbocycles. The van der Waals surface area contributed by atoms with Gasteiger partial charge in [-0.1, -0.05) is 30.3 Å². The smallest absolute Gasteiger partial charge is 0.251 e. The highest BCUT2D eigenvalue weighted by molar-refractivity contribution is 5.97. The molecule has 6 heteroatoms. The molecule has 3 aromatic rings. The van der Waals surface area contributed by atoms with Gasteiger partial charge in [0.05, 0.1) is 6.61 Å². The highest BCUT2D eigenvalue weighted by atomic mass is 16.5. The number of amides is 1. The number of aromatic nitrogens is 1. The quantitative estimate of drug-likeness (QED) is 0.636. The van der Waals surface area contributed by atoms with E-state index in [1.54, 1.807) is 19.2 Å². The summed E-state index contributed by atoms with van der Waals surface area (Å²) in [5, 5.41) is 3.02. The molecule has 1 aliphatic rings. The van der Waals surface area contributed by atoms with Crippen molar-refractivity contribution in [2.75, 3.05) is 39.9 Å². The molecule has 1 N–H and O–H groups in total. The van der Waals surface area contributed by atoms with Gasteiger partial charge in [0.15, 0.2) is 11.5 Å². The Morgan fingerprint density at radius 3 is 2.97 bits per heavy atom. The van der Waals surface area contributed by atoms with Crippen LogP contribution < -0.4 is 5.32 Å². The molecule has 152 valence electrons. The van der Waals surface area contributed by atoms with Crippen LogP contribution >= 0.6 is 0 Å². The summed E-state index contributed by atoms with van der Waals surface area (Å²) < 4.78 is 10.8. The highest BCUT2D eigenvalue weighted by Gasteiger charge is 2.23. The molecule has 1 saturated heterocycles. The first-order chi connectivity index (χ1) is 14.2. The summed E-state index contributed by atoms with van der Waals surface area (Å²) >= 11 is 0. The van der Waals surface area contributed by atoms with Gasteiger partial charge in [-0.05, 0) is 42.6 Å². The van der Waals surface area contributed by atoms with Crippen molar-refractivity contribution < 1.29 is 13.9 Å². The van der Waals surface area contributed by atoms with Gasteiger partial charge in [0.1, 0.15) is 5.52 Å². The second-order valence-corrected chi connectivity index (χ2v) is 7.49. The van der Waals surface area contributed by atoms with Crippen LogP contribution in [0.15, 0.2) is 52.9 Å². The number of oxazole rings is 1. The molecule has 0 spiro atoms. The Hall–Kier alpha value is -2.70. The van der Waals surface area contributed by atoms with Crippen LogP contribution in [0.5, 0.6) is 0 Å². The van der Waals surface area contributed by atoms with Crippen LogP contribution in [0.1, 0.15) is 34.2 Å². The number of benzene rings is 2. The zero-order valence-corrected chi connectivity index (χ0v) is 16.8. The second-order valence-electron chi connectivity index (χ2n) is 7.49. The molecule has 29 heavy (non-hydrogen) atoms. The summed E-state index contributed by atoms with van der Waals surface area (Å²) in [6.07, 6.45) is 1.79. The molecule has 0 radical (unpaired) electrons. The molecule has 1 aromatic heterocycles. The zero-order valence-electron chi connectivity index (χ0n) is 16.8. The molecule has 4 rings (SSSR count). The Balaban J connectivity index is 1.27. The zero-order chi connectivity index (χ0) is 20.1. The summed E-state index contributed by atoms with van der Waals surface area (Å²) in [5.74, 6) is 1.13. The average Bonchev–Trinajstić information content (AvgIpc) is 3.39. The molecule has 0 saturated carbocycles. The van der Waals surface area contributed by atoms with Crippen LogP contribution in [0.2, 0.25) is 0 Å².